The number of anilines is 1. The van der Waals surface area contributed by atoms with E-state index in [4.69, 9.17) is 4.74 Å². The van der Waals surface area contributed by atoms with Crippen LogP contribution in [0.3, 0.4) is 0 Å². The van der Waals surface area contributed by atoms with Crippen LogP contribution in [-0.2, 0) is 11.3 Å². The molecule has 0 aliphatic carbocycles. The van der Waals surface area contributed by atoms with Gasteiger partial charge in [0.2, 0.25) is 0 Å². The molecule has 20 heavy (non-hydrogen) atoms. The van der Waals surface area contributed by atoms with Gasteiger partial charge in [0.25, 0.3) is 0 Å². The predicted octanol–water partition coefficient (Wildman–Crippen LogP) is 3.27. The van der Waals surface area contributed by atoms with Gasteiger partial charge in [-0.3, -0.25) is 4.90 Å². The molecule has 0 N–H and O–H groups in total. The third-order valence-corrected chi connectivity index (χ3v) is 4.73. The zero-order valence-electron chi connectivity index (χ0n) is 12.0. The van der Waals surface area contributed by atoms with E-state index < -0.39 is 0 Å². The Morgan fingerprint density at radius 2 is 1.75 bits per heavy atom. The third kappa shape index (κ3) is 3.54. The van der Waals surface area contributed by atoms with Gasteiger partial charge < -0.3 is 9.64 Å². The van der Waals surface area contributed by atoms with Crippen molar-refractivity contribution in [3.63, 3.8) is 0 Å². The fraction of sp³-hybridized carbons (Fsp3) is 0.625. The zero-order valence-corrected chi connectivity index (χ0v) is 13.6. The van der Waals surface area contributed by atoms with Crippen LogP contribution in [0.15, 0.2) is 22.7 Å². The molecule has 0 unspecified atom stereocenters. The molecule has 0 radical (unpaired) electrons. The highest BCUT2D eigenvalue weighted by Crippen LogP contribution is 2.27. The molecule has 0 aromatic heterocycles. The molecule has 110 valence electrons. The van der Waals surface area contributed by atoms with E-state index in [9.17, 15) is 0 Å². The lowest BCUT2D eigenvalue weighted by Gasteiger charge is -2.33. The molecule has 1 aromatic carbocycles. The highest BCUT2D eigenvalue weighted by Gasteiger charge is 2.17. The number of hydrogen-bond acceptors (Lipinski definition) is 3. The Bertz CT molecular complexity index is 440. The number of likely N-dealkylation sites (tertiary alicyclic amines) is 1. The first-order valence-electron chi connectivity index (χ1n) is 7.66. The number of ether oxygens (including phenoxy) is 1. The lowest BCUT2D eigenvalue weighted by molar-refractivity contribution is 0.122. The van der Waals surface area contributed by atoms with E-state index in [1.54, 1.807) is 0 Å². The topological polar surface area (TPSA) is 15.7 Å². The summed E-state index contributed by atoms with van der Waals surface area (Å²) in [6.45, 7) is 7.28. The second kappa shape index (κ2) is 6.92. The van der Waals surface area contributed by atoms with Crippen LogP contribution in [0.4, 0.5) is 5.69 Å². The molecule has 4 heteroatoms. The molecule has 0 bridgehead atoms. The van der Waals surface area contributed by atoms with E-state index in [1.165, 1.54) is 48.1 Å². The standard InChI is InChI=1S/C16H23BrN2O/c17-15-4-5-16(19-8-10-20-11-9-19)14(12-15)13-18-6-2-1-3-7-18/h4-5,12H,1-3,6-11,13H2. The summed E-state index contributed by atoms with van der Waals surface area (Å²) < 4.78 is 6.66. The monoisotopic (exact) mass is 338 g/mol. The number of benzene rings is 1. The number of rotatable bonds is 3. The number of halogens is 1. The normalized spacial score (nSPS) is 21.1. The van der Waals surface area contributed by atoms with Crippen molar-refractivity contribution in [1.29, 1.82) is 0 Å². The average Bonchev–Trinajstić information content (AvgIpc) is 2.49. The zero-order chi connectivity index (χ0) is 13.8. The minimum absolute atomic E-state index is 0.846. The van der Waals surface area contributed by atoms with Gasteiger partial charge in [0.15, 0.2) is 0 Å². The molecule has 2 aliphatic heterocycles. The molecule has 0 saturated carbocycles. The molecule has 0 atom stereocenters. The first kappa shape index (κ1) is 14.4. The summed E-state index contributed by atoms with van der Waals surface area (Å²) in [4.78, 5) is 5.06. The summed E-state index contributed by atoms with van der Waals surface area (Å²) in [6, 6.07) is 6.71. The van der Waals surface area contributed by atoms with Gasteiger partial charge in [-0.25, -0.2) is 0 Å². The van der Waals surface area contributed by atoms with Crippen LogP contribution < -0.4 is 4.90 Å². The molecule has 2 saturated heterocycles. The highest BCUT2D eigenvalue weighted by molar-refractivity contribution is 9.10. The second-order valence-electron chi connectivity index (χ2n) is 5.71. The summed E-state index contributed by atoms with van der Waals surface area (Å²) in [7, 11) is 0. The Hall–Kier alpha value is -0.580. The van der Waals surface area contributed by atoms with Gasteiger partial charge >= 0.3 is 0 Å². The SMILES string of the molecule is Brc1ccc(N2CCOCC2)c(CN2CCCCC2)c1. The maximum Gasteiger partial charge on any atom is 0.0642 e. The fourth-order valence-electron chi connectivity index (χ4n) is 3.15. The van der Waals surface area contributed by atoms with Crippen molar-refractivity contribution in [3.05, 3.63) is 28.2 Å². The predicted molar refractivity (Wildman–Crippen MR) is 86.3 cm³/mol. The Morgan fingerprint density at radius 3 is 2.50 bits per heavy atom. The molecule has 2 heterocycles. The Kier molecular flexibility index (Phi) is 4.97. The van der Waals surface area contributed by atoms with Crippen LogP contribution in [0, 0.1) is 0 Å². The van der Waals surface area contributed by atoms with Gasteiger partial charge in [-0.15, -0.1) is 0 Å². The van der Waals surface area contributed by atoms with E-state index in [0.717, 1.165) is 32.8 Å². The quantitative estimate of drug-likeness (QED) is 0.841. The maximum atomic E-state index is 5.47. The minimum Gasteiger partial charge on any atom is -0.378 e. The minimum atomic E-state index is 0.846. The average molecular weight is 339 g/mol. The number of piperidine rings is 1. The Labute approximate surface area is 130 Å². The van der Waals surface area contributed by atoms with E-state index in [2.05, 4.69) is 43.9 Å². The maximum absolute atomic E-state index is 5.47. The summed E-state index contributed by atoms with van der Waals surface area (Å²) in [5.41, 5.74) is 2.84. The van der Waals surface area contributed by atoms with Crippen LogP contribution in [0.25, 0.3) is 0 Å². The van der Waals surface area contributed by atoms with Gasteiger partial charge in [-0.05, 0) is 49.7 Å². The smallest absolute Gasteiger partial charge is 0.0642 e. The van der Waals surface area contributed by atoms with Gasteiger partial charge in [0.05, 0.1) is 13.2 Å². The van der Waals surface area contributed by atoms with Gasteiger partial charge in [0, 0.05) is 29.8 Å². The lowest BCUT2D eigenvalue weighted by Crippen LogP contribution is -2.37. The van der Waals surface area contributed by atoms with E-state index in [-0.39, 0.29) is 0 Å². The van der Waals surface area contributed by atoms with Crippen molar-refractivity contribution in [1.82, 2.24) is 4.90 Å². The molecular formula is C16H23BrN2O. The lowest BCUT2D eigenvalue weighted by atomic mass is 10.1. The van der Waals surface area contributed by atoms with Crippen molar-refractivity contribution in [3.8, 4) is 0 Å². The number of hydrogen-bond donors (Lipinski definition) is 0. The molecular weight excluding hydrogens is 316 g/mol. The molecule has 3 rings (SSSR count). The van der Waals surface area contributed by atoms with Crippen LogP contribution >= 0.6 is 15.9 Å². The molecule has 0 spiro atoms. The Balaban J connectivity index is 1.77. The Morgan fingerprint density at radius 1 is 1.00 bits per heavy atom. The fourth-order valence-corrected chi connectivity index (χ4v) is 3.56. The van der Waals surface area contributed by atoms with E-state index in [1.807, 2.05) is 0 Å². The van der Waals surface area contributed by atoms with Crippen LogP contribution in [0.2, 0.25) is 0 Å². The molecule has 2 fully saturated rings. The van der Waals surface area contributed by atoms with E-state index in [0.29, 0.717) is 0 Å². The van der Waals surface area contributed by atoms with Crippen molar-refractivity contribution in [2.75, 3.05) is 44.3 Å². The largest absolute Gasteiger partial charge is 0.378 e. The van der Waals surface area contributed by atoms with Crippen molar-refractivity contribution < 1.29 is 4.74 Å². The molecule has 2 aliphatic rings. The van der Waals surface area contributed by atoms with Crippen molar-refractivity contribution in [2.45, 2.75) is 25.8 Å². The van der Waals surface area contributed by atoms with Gasteiger partial charge in [-0.1, -0.05) is 22.4 Å². The van der Waals surface area contributed by atoms with Crippen molar-refractivity contribution in [2.24, 2.45) is 0 Å². The number of nitrogens with zero attached hydrogens (tertiary/aromatic N) is 2. The van der Waals surface area contributed by atoms with Gasteiger partial charge in [0.1, 0.15) is 0 Å². The summed E-state index contributed by atoms with van der Waals surface area (Å²) in [6.07, 6.45) is 4.09. The van der Waals surface area contributed by atoms with Crippen LogP contribution in [0.5, 0.6) is 0 Å². The molecule has 3 nitrogen and oxygen atoms in total. The second-order valence-corrected chi connectivity index (χ2v) is 6.62. The first-order valence-corrected chi connectivity index (χ1v) is 8.46. The van der Waals surface area contributed by atoms with Gasteiger partial charge in [-0.2, -0.15) is 0 Å². The molecule has 0 amide bonds. The van der Waals surface area contributed by atoms with E-state index >= 15 is 0 Å². The third-order valence-electron chi connectivity index (χ3n) is 4.24. The summed E-state index contributed by atoms with van der Waals surface area (Å²) >= 11 is 3.62. The van der Waals surface area contributed by atoms with Crippen molar-refractivity contribution >= 4 is 21.6 Å². The molecule has 1 aromatic rings. The summed E-state index contributed by atoms with van der Waals surface area (Å²) in [5.74, 6) is 0. The highest BCUT2D eigenvalue weighted by atomic mass is 79.9. The first-order chi connectivity index (χ1) is 9.83. The van der Waals surface area contributed by atoms with Crippen LogP contribution in [0.1, 0.15) is 24.8 Å². The summed E-state index contributed by atoms with van der Waals surface area (Å²) in [5, 5.41) is 0. The number of morpholine rings is 1. The van der Waals surface area contributed by atoms with Crippen LogP contribution in [-0.4, -0.2) is 44.3 Å².